The molecule has 0 saturated heterocycles. The van der Waals surface area contributed by atoms with Crippen LogP contribution in [0.2, 0.25) is 0 Å². The Hall–Kier alpha value is -4.63. The number of aliphatic imine (C=N–C) groups is 2. The van der Waals surface area contributed by atoms with Crippen LogP contribution in [0.25, 0.3) is 0 Å². The van der Waals surface area contributed by atoms with Crippen molar-refractivity contribution in [2.75, 3.05) is 0 Å². The van der Waals surface area contributed by atoms with Crippen LogP contribution in [0.15, 0.2) is 119 Å². The molecule has 4 aromatic carbocycles. The van der Waals surface area contributed by atoms with Crippen molar-refractivity contribution in [3.05, 3.63) is 160 Å². The molecule has 51 heavy (non-hydrogen) atoms. The van der Waals surface area contributed by atoms with E-state index in [9.17, 15) is 0 Å². The Kier molecular flexibility index (Phi) is 13.3. The Morgan fingerprint density at radius 3 is 1.53 bits per heavy atom. The van der Waals surface area contributed by atoms with Gasteiger partial charge < -0.3 is 0 Å². The summed E-state index contributed by atoms with van der Waals surface area (Å²) in [5.74, 6) is 1.77. The van der Waals surface area contributed by atoms with Gasteiger partial charge in [0, 0.05) is 0 Å². The van der Waals surface area contributed by atoms with Crippen molar-refractivity contribution < 1.29 is 0 Å². The van der Waals surface area contributed by atoms with Gasteiger partial charge >= 0.3 is 0 Å². The predicted molar refractivity (Wildman–Crippen MR) is 220 cm³/mol. The first kappa shape index (κ1) is 37.6. The molecule has 0 N–H and O–H groups in total. The molecule has 3 atom stereocenters. The van der Waals surface area contributed by atoms with Crippen molar-refractivity contribution >= 4 is 22.8 Å². The fraction of sp³-hybridized carbons (Fsp3) is 0.354. The molecule has 0 saturated carbocycles. The van der Waals surface area contributed by atoms with Crippen molar-refractivity contribution in [2.45, 2.75) is 106 Å². The van der Waals surface area contributed by atoms with Crippen LogP contribution in [0.1, 0.15) is 122 Å². The standard InChI is InChI=1S/C48H57N3/c1-9-41(43-21-13-11-14-22-43)28-27-39(32-42(10-2)44-23-15-12-16-24-44)31-40-29-35(5)48(36(6)30-40)50-38(8)46-26-18-25-45(51-46)37(7)49-47-33(3)19-17-20-34(47)4/h11-26,29-30,39,41-42H,9-10,27-28,31-32H2,1-8H3. The lowest BCUT2D eigenvalue weighted by Gasteiger charge is -2.26. The van der Waals surface area contributed by atoms with Crippen LogP contribution in [-0.4, -0.2) is 16.4 Å². The van der Waals surface area contributed by atoms with Crippen LogP contribution in [0, 0.1) is 33.6 Å². The average molecular weight is 676 g/mol. The predicted octanol–water partition coefficient (Wildman–Crippen LogP) is 13.3. The first-order valence-corrected chi connectivity index (χ1v) is 19.0. The zero-order valence-electron chi connectivity index (χ0n) is 32.2. The van der Waals surface area contributed by atoms with Crippen LogP contribution < -0.4 is 0 Å². The maximum Gasteiger partial charge on any atom is 0.0849 e. The summed E-state index contributed by atoms with van der Waals surface area (Å²) < 4.78 is 0. The molecule has 0 aliphatic rings. The lowest BCUT2D eigenvalue weighted by molar-refractivity contribution is 0.373. The zero-order chi connectivity index (χ0) is 36.3. The van der Waals surface area contributed by atoms with Crippen LogP contribution >= 0.6 is 0 Å². The number of nitrogens with zero attached hydrogens (tertiary/aromatic N) is 3. The second kappa shape index (κ2) is 18.0. The number of hydrogen-bond acceptors (Lipinski definition) is 3. The summed E-state index contributed by atoms with van der Waals surface area (Å²) in [5.41, 5.74) is 14.8. The lowest BCUT2D eigenvalue weighted by Crippen LogP contribution is -2.13. The van der Waals surface area contributed by atoms with E-state index in [0.717, 1.165) is 47.0 Å². The monoisotopic (exact) mass is 675 g/mol. The van der Waals surface area contributed by atoms with Gasteiger partial charge in [-0.25, -0.2) is 4.98 Å². The smallest absolute Gasteiger partial charge is 0.0849 e. The number of pyridine rings is 1. The van der Waals surface area contributed by atoms with E-state index in [1.54, 1.807) is 0 Å². The molecule has 1 heterocycles. The Labute approximate surface area is 308 Å². The number of para-hydroxylation sites is 1. The molecular formula is C48H57N3. The van der Waals surface area contributed by atoms with Crippen LogP contribution in [-0.2, 0) is 6.42 Å². The third-order valence-electron chi connectivity index (χ3n) is 10.6. The van der Waals surface area contributed by atoms with Gasteiger partial charge in [-0.05, 0) is 149 Å². The summed E-state index contributed by atoms with van der Waals surface area (Å²) in [4.78, 5) is 15.2. The van der Waals surface area contributed by atoms with E-state index in [2.05, 4.69) is 146 Å². The zero-order valence-corrected chi connectivity index (χ0v) is 32.2. The van der Waals surface area contributed by atoms with E-state index in [1.807, 2.05) is 19.1 Å². The van der Waals surface area contributed by atoms with Gasteiger partial charge in [-0.1, -0.05) is 111 Å². The molecule has 0 amide bonds. The molecule has 0 aliphatic heterocycles. The van der Waals surface area contributed by atoms with E-state index in [1.165, 1.54) is 64.6 Å². The summed E-state index contributed by atoms with van der Waals surface area (Å²) >= 11 is 0. The first-order valence-electron chi connectivity index (χ1n) is 19.0. The molecule has 3 heteroatoms. The summed E-state index contributed by atoms with van der Waals surface area (Å²) in [6.45, 7) is 17.4. The number of benzene rings is 4. The minimum Gasteiger partial charge on any atom is -0.251 e. The third-order valence-corrected chi connectivity index (χ3v) is 10.6. The molecule has 0 spiro atoms. The lowest BCUT2D eigenvalue weighted by atomic mass is 9.79. The van der Waals surface area contributed by atoms with Crippen molar-refractivity contribution in [3.8, 4) is 0 Å². The third kappa shape index (κ3) is 10.0. The summed E-state index contributed by atoms with van der Waals surface area (Å²) in [6, 6.07) is 39.5. The molecule has 0 radical (unpaired) electrons. The van der Waals surface area contributed by atoms with Gasteiger partial charge in [-0.3, -0.25) is 9.98 Å². The van der Waals surface area contributed by atoms with E-state index < -0.39 is 0 Å². The maximum atomic E-state index is 5.18. The Morgan fingerprint density at radius 1 is 0.549 bits per heavy atom. The minimum atomic E-state index is 0.569. The molecule has 5 aromatic rings. The van der Waals surface area contributed by atoms with Crippen LogP contribution in [0.3, 0.4) is 0 Å². The van der Waals surface area contributed by atoms with Gasteiger partial charge in [-0.15, -0.1) is 0 Å². The van der Waals surface area contributed by atoms with Crippen molar-refractivity contribution in [1.82, 2.24) is 4.98 Å². The molecule has 0 fully saturated rings. The number of rotatable bonds is 15. The van der Waals surface area contributed by atoms with E-state index in [4.69, 9.17) is 15.0 Å². The summed E-state index contributed by atoms with van der Waals surface area (Å²) in [6.07, 6.45) is 7.07. The number of hydrogen-bond donors (Lipinski definition) is 0. The van der Waals surface area contributed by atoms with Crippen molar-refractivity contribution in [3.63, 3.8) is 0 Å². The maximum absolute atomic E-state index is 5.18. The van der Waals surface area contributed by atoms with Crippen LogP contribution in [0.4, 0.5) is 11.4 Å². The molecule has 1 aromatic heterocycles. The largest absolute Gasteiger partial charge is 0.251 e. The summed E-state index contributed by atoms with van der Waals surface area (Å²) in [7, 11) is 0. The molecule has 264 valence electrons. The molecule has 0 aliphatic carbocycles. The molecule has 3 unspecified atom stereocenters. The minimum absolute atomic E-state index is 0.569. The Balaban J connectivity index is 1.38. The highest BCUT2D eigenvalue weighted by atomic mass is 14.8. The first-order chi connectivity index (χ1) is 24.7. The molecule has 3 nitrogen and oxygen atoms in total. The van der Waals surface area contributed by atoms with Crippen LogP contribution in [0.5, 0.6) is 0 Å². The highest BCUT2D eigenvalue weighted by Gasteiger charge is 2.21. The van der Waals surface area contributed by atoms with Gasteiger partial charge in [0.05, 0.1) is 34.2 Å². The van der Waals surface area contributed by atoms with E-state index in [-0.39, 0.29) is 0 Å². The fourth-order valence-electron chi connectivity index (χ4n) is 7.68. The normalized spacial score (nSPS) is 14.0. The van der Waals surface area contributed by atoms with Gasteiger partial charge in [0.1, 0.15) is 0 Å². The topological polar surface area (TPSA) is 37.6 Å². The quantitative estimate of drug-likeness (QED) is 0.102. The van der Waals surface area contributed by atoms with E-state index in [0.29, 0.717) is 17.8 Å². The second-order valence-electron chi connectivity index (χ2n) is 14.5. The van der Waals surface area contributed by atoms with Crippen molar-refractivity contribution in [2.24, 2.45) is 15.9 Å². The van der Waals surface area contributed by atoms with Gasteiger partial charge in [0.15, 0.2) is 0 Å². The van der Waals surface area contributed by atoms with Gasteiger partial charge in [0.2, 0.25) is 0 Å². The number of aromatic nitrogens is 1. The second-order valence-corrected chi connectivity index (χ2v) is 14.5. The highest BCUT2D eigenvalue weighted by Crippen LogP contribution is 2.36. The summed E-state index contributed by atoms with van der Waals surface area (Å²) in [5, 5.41) is 0. The SMILES string of the molecule is CCC(CCC(Cc1cc(C)c(N=C(C)c2cccc(C(C)=Nc3c(C)cccc3C)n2)c(C)c1)CC(CC)c1ccccc1)c1ccccc1. The Morgan fingerprint density at radius 2 is 1.02 bits per heavy atom. The van der Waals surface area contributed by atoms with Crippen molar-refractivity contribution in [1.29, 1.82) is 0 Å². The average Bonchev–Trinajstić information content (AvgIpc) is 3.14. The number of aryl methyl sites for hydroxylation is 4. The molecular weight excluding hydrogens is 619 g/mol. The molecule has 5 rings (SSSR count). The molecule has 0 bridgehead atoms. The van der Waals surface area contributed by atoms with E-state index >= 15 is 0 Å². The highest BCUT2D eigenvalue weighted by molar-refractivity contribution is 6.02. The van der Waals surface area contributed by atoms with Gasteiger partial charge in [-0.2, -0.15) is 0 Å². The van der Waals surface area contributed by atoms with Gasteiger partial charge in [0.25, 0.3) is 0 Å². The fourth-order valence-corrected chi connectivity index (χ4v) is 7.68. The Bertz CT molecular complexity index is 1890.